The summed E-state index contributed by atoms with van der Waals surface area (Å²) in [6, 6.07) is 1.12. The second-order valence-electron chi connectivity index (χ2n) is 4.83. The number of hydrogen-bond acceptors (Lipinski definition) is 2. The highest BCUT2D eigenvalue weighted by Gasteiger charge is 2.41. The molecule has 2 aliphatic rings. The summed E-state index contributed by atoms with van der Waals surface area (Å²) >= 11 is 0. The van der Waals surface area contributed by atoms with Gasteiger partial charge in [-0.25, -0.2) is 0 Å². The van der Waals surface area contributed by atoms with Crippen LogP contribution in [0.15, 0.2) is 0 Å². The van der Waals surface area contributed by atoms with Gasteiger partial charge in [-0.3, -0.25) is 0 Å². The molecule has 2 atom stereocenters. The second-order valence-corrected chi connectivity index (χ2v) is 4.83. The fraction of sp³-hybridized carbons (Fsp3) is 0.833. The summed E-state index contributed by atoms with van der Waals surface area (Å²) in [5.74, 6) is 2.64. The van der Waals surface area contributed by atoms with Crippen LogP contribution in [0, 0.1) is 12.3 Å². The molecule has 0 amide bonds. The molecule has 2 heterocycles. The fourth-order valence-electron chi connectivity index (χ4n) is 2.95. The van der Waals surface area contributed by atoms with Gasteiger partial charge in [0.25, 0.3) is 0 Å². The number of hydrogen-bond donors (Lipinski definition) is 2. The van der Waals surface area contributed by atoms with Gasteiger partial charge in [-0.2, -0.15) is 0 Å². The molecule has 14 heavy (non-hydrogen) atoms. The normalized spacial score (nSPS) is 40.9. The maximum Gasteiger partial charge on any atom is 0.0677 e. The fourth-order valence-corrected chi connectivity index (χ4v) is 2.95. The Kier molecular flexibility index (Phi) is 2.80. The monoisotopic (exact) mass is 193 g/mol. The minimum atomic E-state index is -0.423. The standard InChI is InChI=1S/C12H19NO/c1-2-3-4-7-12(14)8-10-5-6-11(9-12)13-10/h1,10-11,13-14H,3-9H2. The number of rotatable bonds is 3. The van der Waals surface area contributed by atoms with Crippen molar-refractivity contribution in [2.24, 2.45) is 0 Å². The summed E-state index contributed by atoms with van der Waals surface area (Å²) < 4.78 is 0. The van der Waals surface area contributed by atoms with Crippen molar-refractivity contribution in [3.63, 3.8) is 0 Å². The van der Waals surface area contributed by atoms with Crippen LogP contribution in [0.2, 0.25) is 0 Å². The molecule has 0 radical (unpaired) electrons. The van der Waals surface area contributed by atoms with Gasteiger partial charge in [-0.15, -0.1) is 12.3 Å². The lowest BCUT2D eigenvalue weighted by atomic mass is 9.83. The van der Waals surface area contributed by atoms with Crippen LogP contribution >= 0.6 is 0 Å². The summed E-state index contributed by atoms with van der Waals surface area (Å²) in [6.07, 6.45) is 12.2. The van der Waals surface area contributed by atoms with Gasteiger partial charge in [0.15, 0.2) is 0 Å². The molecule has 2 N–H and O–H groups in total. The van der Waals surface area contributed by atoms with Gasteiger partial charge in [0.1, 0.15) is 0 Å². The van der Waals surface area contributed by atoms with Crippen LogP contribution in [0.25, 0.3) is 0 Å². The Labute approximate surface area is 86.1 Å². The molecule has 2 bridgehead atoms. The Morgan fingerprint density at radius 1 is 1.36 bits per heavy atom. The minimum absolute atomic E-state index is 0.423. The van der Waals surface area contributed by atoms with Gasteiger partial charge >= 0.3 is 0 Å². The highest BCUT2D eigenvalue weighted by molar-refractivity contribution is 5.00. The zero-order chi connectivity index (χ0) is 10.0. The van der Waals surface area contributed by atoms with Gasteiger partial charge < -0.3 is 10.4 Å². The van der Waals surface area contributed by atoms with Crippen molar-refractivity contribution in [2.75, 3.05) is 0 Å². The first-order valence-electron chi connectivity index (χ1n) is 5.64. The summed E-state index contributed by atoms with van der Waals surface area (Å²) in [7, 11) is 0. The van der Waals surface area contributed by atoms with Crippen molar-refractivity contribution in [3.05, 3.63) is 0 Å². The molecule has 2 rings (SSSR count). The molecule has 2 heteroatoms. The maximum atomic E-state index is 10.4. The van der Waals surface area contributed by atoms with Crippen LogP contribution in [0.5, 0.6) is 0 Å². The number of terminal acetylenes is 1. The maximum absolute atomic E-state index is 10.4. The molecule has 0 aromatic carbocycles. The molecule has 2 nitrogen and oxygen atoms in total. The van der Waals surface area contributed by atoms with Gasteiger partial charge in [-0.05, 0) is 38.5 Å². The Bertz CT molecular complexity index is 231. The molecular formula is C12H19NO. The molecule has 78 valence electrons. The van der Waals surface area contributed by atoms with Crippen LogP contribution < -0.4 is 5.32 Å². The zero-order valence-electron chi connectivity index (χ0n) is 8.63. The summed E-state index contributed by atoms with van der Waals surface area (Å²) in [4.78, 5) is 0. The highest BCUT2D eigenvalue weighted by atomic mass is 16.3. The van der Waals surface area contributed by atoms with E-state index in [1.165, 1.54) is 12.8 Å². The van der Waals surface area contributed by atoms with Crippen LogP contribution in [0.3, 0.4) is 0 Å². The molecule has 2 aliphatic heterocycles. The lowest BCUT2D eigenvalue weighted by Crippen LogP contribution is -2.48. The van der Waals surface area contributed by atoms with Crippen LogP contribution in [0.4, 0.5) is 0 Å². The first kappa shape index (κ1) is 10.0. The topological polar surface area (TPSA) is 32.3 Å². The predicted octanol–water partition coefficient (Wildman–Crippen LogP) is 1.44. The smallest absolute Gasteiger partial charge is 0.0677 e. The Hall–Kier alpha value is -0.520. The van der Waals surface area contributed by atoms with Gasteiger partial charge in [0, 0.05) is 18.5 Å². The predicted molar refractivity (Wildman–Crippen MR) is 56.8 cm³/mol. The first-order valence-corrected chi connectivity index (χ1v) is 5.64. The van der Waals surface area contributed by atoms with Gasteiger partial charge in [0.2, 0.25) is 0 Å². The van der Waals surface area contributed by atoms with E-state index in [9.17, 15) is 5.11 Å². The summed E-state index contributed by atoms with van der Waals surface area (Å²) in [6.45, 7) is 0. The lowest BCUT2D eigenvalue weighted by Gasteiger charge is -2.37. The van der Waals surface area contributed by atoms with Crippen LogP contribution in [-0.4, -0.2) is 22.8 Å². The van der Waals surface area contributed by atoms with Crippen molar-refractivity contribution in [1.29, 1.82) is 0 Å². The lowest BCUT2D eigenvalue weighted by molar-refractivity contribution is -0.0151. The largest absolute Gasteiger partial charge is 0.390 e. The second kappa shape index (κ2) is 3.92. The minimum Gasteiger partial charge on any atom is -0.390 e. The van der Waals surface area contributed by atoms with Gasteiger partial charge in [0.05, 0.1) is 5.60 Å². The average Bonchev–Trinajstić information content (AvgIpc) is 2.46. The molecule has 2 saturated heterocycles. The van der Waals surface area contributed by atoms with E-state index in [1.54, 1.807) is 0 Å². The molecule has 0 aromatic rings. The molecule has 2 fully saturated rings. The highest BCUT2D eigenvalue weighted by Crippen LogP contribution is 2.36. The van der Waals surface area contributed by atoms with E-state index in [0.717, 1.165) is 32.1 Å². The third kappa shape index (κ3) is 2.10. The Morgan fingerprint density at radius 3 is 2.57 bits per heavy atom. The SMILES string of the molecule is C#CCCCC1(O)CC2CCC(C1)N2. The number of nitrogens with one attached hydrogen (secondary N) is 1. The molecule has 0 aromatic heterocycles. The van der Waals surface area contributed by atoms with E-state index < -0.39 is 5.60 Å². The summed E-state index contributed by atoms with van der Waals surface area (Å²) in [5.41, 5.74) is -0.423. The zero-order valence-corrected chi connectivity index (χ0v) is 8.63. The van der Waals surface area contributed by atoms with Crippen molar-refractivity contribution in [2.45, 2.75) is 62.6 Å². The summed E-state index contributed by atoms with van der Waals surface area (Å²) in [5, 5.41) is 13.9. The first-order chi connectivity index (χ1) is 6.72. The average molecular weight is 193 g/mol. The van der Waals surface area contributed by atoms with E-state index in [4.69, 9.17) is 6.42 Å². The van der Waals surface area contributed by atoms with Gasteiger partial charge in [-0.1, -0.05) is 0 Å². The van der Waals surface area contributed by atoms with Crippen molar-refractivity contribution in [1.82, 2.24) is 5.32 Å². The van der Waals surface area contributed by atoms with E-state index in [-0.39, 0.29) is 0 Å². The van der Waals surface area contributed by atoms with E-state index in [0.29, 0.717) is 12.1 Å². The quantitative estimate of drug-likeness (QED) is 0.525. The third-order valence-electron chi connectivity index (χ3n) is 3.55. The van der Waals surface area contributed by atoms with E-state index in [2.05, 4.69) is 11.2 Å². The Balaban J connectivity index is 1.86. The van der Waals surface area contributed by atoms with Crippen molar-refractivity contribution < 1.29 is 5.11 Å². The van der Waals surface area contributed by atoms with E-state index in [1.807, 2.05) is 0 Å². The van der Waals surface area contributed by atoms with Crippen LogP contribution in [-0.2, 0) is 0 Å². The number of unbranched alkanes of at least 4 members (excludes halogenated alkanes) is 1. The molecule has 0 aliphatic carbocycles. The molecule has 0 spiro atoms. The molecule has 2 unspecified atom stereocenters. The number of piperidine rings is 1. The molecular weight excluding hydrogens is 174 g/mol. The van der Waals surface area contributed by atoms with Crippen LogP contribution in [0.1, 0.15) is 44.9 Å². The number of aliphatic hydroxyl groups is 1. The Morgan fingerprint density at radius 2 is 2.00 bits per heavy atom. The third-order valence-corrected chi connectivity index (χ3v) is 3.55. The number of fused-ring (bicyclic) bond motifs is 2. The van der Waals surface area contributed by atoms with Crippen molar-refractivity contribution >= 4 is 0 Å². The van der Waals surface area contributed by atoms with E-state index >= 15 is 0 Å². The molecule has 0 saturated carbocycles. The van der Waals surface area contributed by atoms with Crippen molar-refractivity contribution in [3.8, 4) is 12.3 Å².